The second-order valence-corrected chi connectivity index (χ2v) is 4.98. The minimum Gasteiger partial charge on any atom is -0.478 e. The van der Waals surface area contributed by atoms with Gasteiger partial charge < -0.3 is 9.51 Å². The fourth-order valence-electron chi connectivity index (χ4n) is 1.89. The Hall–Kier alpha value is -2.14. The summed E-state index contributed by atoms with van der Waals surface area (Å²) in [7, 11) is 0. The van der Waals surface area contributed by atoms with Crippen LogP contribution in [0.3, 0.4) is 0 Å². The molecule has 0 unspecified atom stereocenters. The maximum Gasteiger partial charge on any atom is 0.335 e. The standard InChI is InChI=1S/C13H10N2O2S/c16-13(17)9-3-4-15-10(6-9)8-14-12(15)7-11-2-1-5-18-11/h1-6,8H,7H2,(H,16,17). The van der Waals surface area contributed by atoms with Crippen molar-refractivity contribution in [1.82, 2.24) is 9.38 Å². The number of fused-ring (bicyclic) bond motifs is 1. The molecule has 0 atom stereocenters. The van der Waals surface area contributed by atoms with Gasteiger partial charge in [0.25, 0.3) is 0 Å². The zero-order valence-electron chi connectivity index (χ0n) is 9.41. The van der Waals surface area contributed by atoms with Crippen LogP contribution in [0.2, 0.25) is 0 Å². The van der Waals surface area contributed by atoms with E-state index in [9.17, 15) is 4.79 Å². The highest BCUT2D eigenvalue weighted by molar-refractivity contribution is 7.09. The van der Waals surface area contributed by atoms with E-state index in [1.807, 2.05) is 15.8 Å². The number of nitrogens with zero attached hydrogens (tertiary/aromatic N) is 2. The summed E-state index contributed by atoms with van der Waals surface area (Å²) >= 11 is 1.69. The summed E-state index contributed by atoms with van der Waals surface area (Å²) in [5.74, 6) is 0.00268. The number of aromatic nitrogens is 2. The van der Waals surface area contributed by atoms with Crippen molar-refractivity contribution >= 4 is 22.8 Å². The summed E-state index contributed by atoms with van der Waals surface area (Å²) in [6, 6.07) is 7.30. The summed E-state index contributed by atoms with van der Waals surface area (Å²) in [5, 5.41) is 11.0. The van der Waals surface area contributed by atoms with Crippen LogP contribution in [0, 0.1) is 0 Å². The van der Waals surface area contributed by atoms with Crippen LogP contribution in [0.5, 0.6) is 0 Å². The molecule has 18 heavy (non-hydrogen) atoms. The quantitative estimate of drug-likeness (QED) is 0.785. The third-order valence-corrected chi connectivity index (χ3v) is 3.64. The molecule has 3 aromatic rings. The number of carboxylic acid groups (broad SMARTS) is 1. The van der Waals surface area contributed by atoms with Gasteiger partial charge in [-0.25, -0.2) is 9.78 Å². The van der Waals surface area contributed by atoms with E-state index in [0.29, 0.717) is 0 Å². The lowest BCUT2D eigenvalue weighted by Crippen LogP contribution is -1.99. The van der Waals surface area contributed by atoms with Crippen LogP contribution >= 0.6 is 11.3 Å². The van der Waals surface area contributed by atoms with Crippen molar-refractivity contribution in [3.8, 4) is 0 Å². The van der Waals surface area contributed by atoms with Crippen LogP contribution in [0.1, 0.15) is 21.1 Å². The zero-order chi connectivity index (χ0) is 12.5. The number of hydrogen-bond acceptors (Lipinski definition) is 3. The van der Waals surface area contributed by atoms with Crippen LogP contribution in [0.15, 0.2) is 42.0 Å². The topological polar surface area (TPSA) is 54.6 Å². The van der Waals surface area contributed by atoms with E-state index in [1.54, 1.807) is 35.9 Å². The largest absolute Gasteiger partial charge is 0.478 e. The predicted molar refractivity (Wildman–Crippen MR) is 69.3 cm³/mol. The van der Waals surface area contributed by atoms with E-state index in [1.165, 1.54) is 4.88 Å². The summed E-state index contributed by atoms with van der Waals surface area (Å²) < 4.78 is 1.92. The molecule has 0 aliphatic carbocycles. The smallest absolute Gasteiger partial charge is 0.335 e. The molecule has 0 saturated heterocycles. The molecule has 3 heterocycles. The highest BCUT2D eigenvalue weighted by Gasteiger charge is 2.08. The van der Waals surface area contributed by atoms with Gasteiger partial charge in [0.1, 0.15) is 5.82 Å². The lowest BCUT2D eigenvalue weighted by molar-refractivity contribution is 0.0697. The molecule has 0 fully saturated rings. The Morgan fingerprint density at radius 1 is 1.44 bits per heavy atom. The molecule has 0 radical (unpaired) electrons. The molecule has 0 saturated carbocycles. The van der Waals surface area contributed by atoms with E-state index in [4.69, 9.17) is 5.11 Å². The van der Waals surface area contributed by atoms with Crippen molar-refractivity contribution in [2.24, 2.45) is 0 Å². The van der Waals surface area contributed by atoms with Gasteiger partial charge in [-0.05, 0) is 23.6 Å². The Labute approximate surface area is 107 Å². The number of pyridine rings is 1. The molecule has 3 aromatic heterocycles. The van der Waals surface area contributed by atoms with E-state index in [-0.39, 0.29) is 5.56 Å². The van der Waals surface area contributed by atoms with Gasteiger partial charge in [0, 0.05) is 17.5 Å². The molecule has 90 valence electrons. The highest BCUT2D eigenvalue weighted by Crippen LogP contribution is 2.16. The monoisotopic (exact) mass is 258 g/mol. The molecular formula is C13H10N2O2S. The van der Waals surface area contributed by atoms with Gasteiger partial charge in [0.05, 0.1) is 17.3 Å². The molecule has 0 amide bonds. The van der Waals surface area contributed by atoms with Crippen LogP contribution in [0.4, 0.5) is 0 Å². The van der Waals surface area contributed by atoms with Crippen LogP contribution < -0.4 is 0 Å². The van der Waals surface area contributed by atoms with E-state index in [2.05, 4.69) is 11.1 Å². The van der Waals surface area contributed by atoms with Gasteiger partial charge >= 0.3 is 5.97 Å². The van der Waals surface area contributed by atoms with Crippen molar-refractivity contribution in [3.05, 3.63) is 58.3 Å². The molecule has 1 N–H and O–H groups in total. The third-order valence-electron chi connectivity index (χ3n) is 2.77. The zero-order valence-corrected chi connectivity index (χ0v) is 10.2. The molecule has 0 bridgehead atoms. The normalized spacial score (nSPS) is 10.9. The second kappa shape index (κ2) is 4.27. The summed E-state index contributed by atoms with van der Waals surface area (Å²) in [4.78, 5) is 16.5. The highest BCUT2D eigenvalue weighted by atomic mass is 32.1. The summed E-state index contributed by atoms with van der Waals surface area (Å²) in [6.07, 6.45) is 4.22. The first-order valence-electron chi connectivity index (χ1n) is 5.46. The minimum atomic E-state index is -0.918. The van der Waals surface area contributed by atoms with Crippen molar-refractivity contribution in [1.29, 1.82) is 0 Å². The van der Waals surface area contributed by atoms with Gasteiger partial charge in [0.2, 0.25) is 0 Å². The molecule has 0 aliphatic heterocycles. The predicted octanol–water partition coefficient (Wildman–Crippen LogP) is 2.68. The maximum atomic E-state index is 10.9. The Morgan fingerprint density at radius 2 is 2.33 bits per heavy atom. The van der Waals surface area contributed by atoms with E-state index in [0.717, 1.165) is 17.8 Å². The number of aromatic carboxylic acids is 1. The lowest BCUT2D eigenvalue weighted by atomic mass is 10.2. The van der Waals surface area contributed by atoms with Crippen molar-refractivity contribution < 1.29 is 9.90 Å². The summed E-state index contributed by atoms with van der Waals surface area (Å²) in [6.45, 7) is 0. The first kappa shape index (κ1) is 11.0. The molecule has 5 heteroatoms. The number of carboxylic acids is 1. The molecule has 3 rings (SSSR count). The summed E-state index contributed by atoms with van der Waals surface area (Å²) in [5.41, 5.74) is 1.09. The molecule has 4 nitrogen and oxygen atoms in total. The molecule has 0 aliphatic rings. The number of hydrogen-bond donors (Lipinski definition) is 1. The number of thiophene rings is 1. The van der Waals surface area contributed by atoms with E-state index < -0.39 is 5.97 Å². The Balaban J connectivity index is 2.02. The number of imidazole rings is 1. The van der Waals surface area contributed by atoms with Gasteiger partial charge in [-0.1, -0.05) is 6.07 Å². The Morgan fingerprint density at radius 3 is 3.06 bits per heavy atom. The SMILES string of the molecule is O=C(O)c1ccn2c(Cc3cccs3)ncc2c1. The Bertz CT molecular complexity index is 701. The molecule has 0 aromatic carbocycles. The van der Waals surface area contributed by atoms with Gasteiger partial charge in [-0.15, -0.1) is 11.3 Å². The fourth-order valence-corrected chi connectivity index (χ4v) is 2.59. The van der Waals surface area contributed by atoms with Crippen molar-refractivity contribution in [3.63, 3.8) is 0 Å². The van der Waals surface area contributed by atoms with Gasteiger partial charge in [0.15, 0.2) is 0 Å². The Kier molecular flexibility index (Phi) is 2.60. The average Bonchev–Trinajstić information content (AvgIpc) is 2.99. The second-order valence-electron chi connectivity index (χ2n) is 3.95. The molecule has 0 spiro atoms. The minimum absolute atomic E-state index is 0.282. The lowest BCUT2D eigenvalue weighted by Gasteiger charge is -2.01. The average molecular weight is 258 g/mol. The number of rotatable bonds is 3. The van der Waals surface area contributed by atoms with Crippen molar-refractivity contribution in [2.45, 2.75) is 6.42 Å². The van der Waals surface area contributed by atoms with Gasteiger partial charge in [-0.2, -0.15) is 0 Å². The molecular weight excluding hydrogens is 248 g/mol. The van der Waals surface area contributed by atoms with Crippen LogP contribution in [-0.2, 0) is 6.42 Å². The fraction of sp³-hybridized carbons (Fsp3) is 0.0769. The third kappa shape index (κ3) is 1.89. The van der Waals surface area contributed by atoms with Crippen LogP contribution in [-0.4, -0.2) is 20.5 Å². The first-order chi connectivity index (χ1) is 8.74. The van der Waals surface area contributed by atoms with Crippen molar-refractivity contribution in [2.75, 3.05) is 0 Å². The van der Waals surface area contributed by atoms with E-state index >= 15 is 0 Å². The van der Waals surface area contributed by atoms with Gasteiger partial charge in [-0.3, -0.25) is 0 Å². The first-order valence-corrected chi connectivity index (χ1v) is 6.33. The number of carbonyl (C=O) groups is 1. The van der Waals surface area contributed by atoms with Crippen LogP contribution in [0.25, 0.3) is 5.52 Å². The maximum absolute atomic E-state index is 10.9.